The summed E-state index contributed by atoms with van der Waals surface area (Å²) in [7, 11) is 2.42. The maximum atomic E-state index is 12.8. The number of carbonyl (C=O) groups is 3. The SMILES string of the molecule is COC(=O)[C@H](C)C[C@H](NC(=O)c1ccc(F)cc1)C(=O)OC. The smallest absolute Gasteiger partial charge is 0.328 e. The van der Waals surface area contributed by atoms with Crippen LogP contribution >= 0.6 is 0 Å². The van der Waals surface area contributed by atoms with Crippen molar-refractivity contribution in [2.24, 2.45) is 5.92 Å². The maximum absolute atomic E-state index is 12.8. The van der Waals surface area contributed by atoms with E-state index in [9.17, 15) is 18.8 Å². The number of halogens is 1. The number of ether oxygens (including phenoxy) is 2. The van der Waals surface area contributed by atoms with Crippen LogP contribution in [0, 0.1) is 11.7 Å². The van der Waals surface area contributed by atoms with E-state index in [0.29, 0.717) is 0 Å². The normalized spacial score (nSPS) is 12.9. The van der Waals surface area contributed by atoms with E-state index in [-0.39, 0.29) is 12.0 Å². The molecule has 120 valence electrons. The fourth-order valence-corrected chi connectivity index (χ4v) is 1.85. The van der Waals surface area contributed by atoms with Gasteiger partial charge in [0.05, 0.1) is 20.1 Å². The summed E-state index contributed by atoms with van der Waals surface area (Å²) in [6, 6.07) is 3.86. The number of hydrogen-bond acceptors (Lipinski definition) is 5. The second-order valence-electron chi connectivity index (χ2n) is 4.72. The van der Waals surface area contributed by atoms with Crippen LogP contribution < -0.4 is 5.32 Å². The van der Waals surface area contributed by atoms with E-state index in [2.05, 4.69) is 14.8 Å². The molecule has 0 heterocycles. The molecule has 0 aliphatic heterocycles. The summed E-state index contributed by atoms with van der Waals surface area (Å²) >= 11 is 0. The van der Waals surface area contributed by atoms with Crippen LogP contribution in [0.5, 0.6) is 0 Å². The van der Waals surface area contributed by atoms with Gasteiger partial charge in [0.1, 0.15) is 11.9 Å². The van der Waals surface area contributed by atoms with Crippen molar-refractivity contribution in [3.63, 3.8) is 0 Å². The Labute approximate surface area is 127 Å². The Morgan fingerprint density at radius 3 is 2.14 bits per heavy atom. The minimum atomic E-state index is -1.00. The van der Waals surface area contributed by atoms with Gasteiger partial charge in [-0.3, -0.25) is 9.59 Å². The molecular formula is C15H18FNO5. The Kier molecular flexibility index (Phi) is 6.49. The van der Waals surface area contributed by atoms with E-state index in [1.807, 2.05) is 0 Å². The van der Waals surface area contributed by atoms with E-state index >= 15 is 0 Å². The van der Waals surface area contributed by atoms with Gasteiger partial charge in [0.15, 0.2) is 0 Å². The van der Waals surface area contributed by atoms with Crippen molar-refractivity contribution in [1.82, 2.24) is 5.32 Å². The molecule has 1 aromatic rings. The van der Waals surface area contributed by atoms with Gasteiger partial charge in [-0.05, 0) is 30.7 Å². The standard InChI is InChI=1S/C15H18FNO5/c1-9(14(19)21-2)8-12(15(20)22-3)17-13(18)10-4-6-11(16)7-5-10/h4-7,9,12H,8H2,1-3H3,(H,17,18)/t9-,12+/m1/s1. The van der Waals surface area contributed by atoms with Gasteiger partial charge in [0, 0.05) is 5.56 Å². The van der Waals surface area contributed by atoms with Crippen LogP contribution in [0.25, 0.3) is 0 Å². The third-order valence-electron chi connectivity index (χ3n) is 3.09. The highest BCUT2D eigenvalue weighted by atomic mass is 19.1. The molecule has 2 atom stereocenters. The van der Waals surface area contributed by atoms with Crippen LogP contribution in [-0.4, -0.2) is 38.1 Å². The Balaban J connectivity index is 2.80. The summed E-state index contributed by atoms with van der Waals surface area (Å²) < 4.78 is 22.0. The number of esters is 2. The summed E-state index contributed by atoms with van der Waals surface area (Å²) in [5.41, 5.74) is 0.195. The molecule has 0 aliphatic rings. The Hall–Kier alpha value is -2.44. The van der Waals surface area contributed by atoms with Crippen molar-refractivity contribution in [2.45, 2.75) is 19.4 Å². The second-order valence-corrected chi connectivity index (χ2v) is 4.72. The van der Waals surface area contributed by atoms with E-state index in [0.717, 1.165) is 12.1 Å². The summed E-state index contributed by atoms with van der Waals surface area (Å²) in [4.78, 5) is 35.2. The van der Waals surface area contributed by atoms with Gasteiger partial charge >= 0.3 is 11.9 Å². The summed E-state index contributed by atoms with van der Waals surface area (Å²) in [6.45, 7) is 1.58. The Morgan fingerprint density at radius 1 is 1.09 bits per heavy atom. The van der Waals surface area contributed by atoms with Crippen molar-refractivity contribution < 1.29 is 28.2 Å². The number of carbonyl (C=O) groups excluding carboxylic acids is 3. The van der Waals surface area contributed by atoms with E-state index in [1.54, 1.807) is 6.92 Å². The number of methoxy groups -OCH3 is 2. The van der Waals surface area contributed by atoms with Crippen LogP contribution in [0.4, 0.5) is 4.39 Å². The van der Waals surface area contributed by atoms with Crippen LogP contribution in [-0.2, 0) is 19.1 Å². The van der Waals surface area contributed by atoms with Gasteiger partial charge < -0.3 is 14.8 Å². The van der Waals surface area contributed by atoms with Crippen LogP contribution in [0.15, 0.2) is 24.3 Å². The van der Waals surface area contributed by atoms with Gasteiger partial charge in [0.2, 0.25) is 0 Å². The summed E-state index contributed by atoms with van der Waals surface area (Å²) in [5, 5.41) is 2.47. The molecule has 0 unspecified atom stereocenters. The number of rotatable bonds is 6. The predicted octanol–water partition coefficient (Wildman–Crippen LogP) is 1.30. The maximum Gasteiger partial charge on any atom is 0.328 e. The fourth-order valence-electron chi connectivity index (χ4n) is 1.85. The van der Waals surface area contributed by atoms with Gasteiger partial charge in [-0.25, -0.2) is 9.18 Å². The number of amides is 1. The number of hydrogen-bond donors (Lipinski definition) is 1. The van der Waals surface area contributed by atoms with Crippen molar-refractivity contribution in [3.05, 3.63) is 35.6 Å². The third-order valence-corrected chi connectivity index (χ3v) is 3.09. The fraction of sp³-hybridized carbons (Fsp3) is 0.400. The van der Waals surface area contributed by atoms with Crippen molar-refractivity contribution in [1.29, 1.82) is 0 Å². The molecule has 7 heteroatoms. The molecule has 0 aliphatic carbocycles. The monoisotopic (exact) mass is 311 g/mol. The molecule has 0 radical (unpaired) electrons. The molecule has 0 saturated carbocycles. The molecule has 1 N–H and O–H groups in total. The van der Waals surface area contributed by atoms with Gasteiger partial charge in [0.25, 0.3) is 5.91 Å². The van der Waals surface area contributed by atoms with Crippen molar-refractivity contribution in [2.75, 3.05) is 14.2 Å². The molecule has 0 bridgehead atoms. The molecule has 22 heavy (non-hydrogen) atoms. The van der Waals surface area contributed by atoms with E-state index in [4.69, 9.17) is 0 Å². The van der Waals surface area contributed by atoms with E-state index < -0.39 is 35.6 Å². The van der Waals surface area contributed by atoms with Crippen LogP contribution in [0.2, 0.25) is 0 Å². The molecular weight excluding hydrogens is 293 g/mol. The lowest BCUT2D eigenvalue weighted by atomic mass is 10.0. The zero-order valence-electron chi connectivity index (χ0n) is 12.6. The minimum absolute atomic E-state index is 0.0340. The van der Waals surface area contributed by atoms with Crippen molar-refractivity contribution >= 4 is 17.8 Å². The number of benzene rings is 1. The zero-order chi connectivity index (χ0) is 16.7. The van der Waals surface area contributed by atoms with E-state index in [1.165, 1.54) is 26.4 Å². The Bertz CT molecular complexity index is 543. The molecule has 0 spiro atoms. The molecule has 0 saturated heterocycles. The second kappa shape index (κ2) is 8.11. The first-order valence-electron chi connectivity index (χ1n) is 6.61. The van der Waals surface area contributed by atoms with Crippen LogP contribution in [0.3, 0.4) is 0 Å². The van der Waals surface area contributed by atoms with Gasteiger partial charge in [-0.15, -0.1) is 0 Å². The molecule has 1 amide bonds. The largest absolute Gasteiger partial charge is 0.469 e. The van der Waals surface area contributed by atoms with Crippen molar-refractivity contribution in [3.8, 4) is 0 Å². The molecule has 0 aromatic heterocycles. The molecule has 1 rings (SSSR count). The predicted molar refractivity (Wildman–Crippen MR) is 75.5 cm³/mol. The van der Waals surface area contributed by atoms with Crippen LogP contribution in [0.1, 0.15) is 23.7 Å². The third kappa shape index (κ3) is 4.83. The summed E-state index contributed by atoms with van der Waals surface area (Å²) in [6.07, 6.45) is 0.0340. The highest BCUT2D eigenvalue weighted by molar-refractivity contribution is 5.96. The zero-order valence-corrected chi connectivity index (χ0v) is 12.6. The molecule has 0 fully saturated rings. The van der Waals surface area contributed by atoms with Gasteiger partial charge in [-0.1, -0.05) is 6.92 Å². The lowest BCUT2D eigenvalue weighted by molar-refractivity contribution is -0.147. The molecule has 1 aromatic carbocycles. The highest BCUT2D eigenvalue weighted by Crippen LogP contribution is 2.11. The molecule has 6 nitrogen and oxygen atoms in total. The lowest BCUT2D eigenvalue weighted by Gasteiger charge is -2.19. The summed E-state index contributed by atoms with van der Waals surface area (Å²) in [5.74, 6) is -2.80. The quantitative estimate of drug-likeness (QED) is 0.801. The van der Waals surface area contributed by atoms with Gasteiger partial charge in [-0.2, -0.15) is 0 Å². The first-order chi connectivity index (χ1) is 10.4. The first-order valence-corrected chi connectivity index (χ1v) is 6.61. The average Bonchev–Trinajstić information content (AvgIpc) is 2.52. The Morgan fingerprint density at radius 2 is 1.64 bits per heavy atom. The minimum Gasteiger partial charge on any atom is -0.469 e. The first kappa shape index (κ1) is 17.6. The highest BCUT2D eigenvalue weighted by Gasteiger charge is 2.27. The lowest BCUT2D eigenvalue weighted by Crippen LogP contribution is -2.43. The topological polar surface area (TPSA) is 81.7 Å². The number of nitrogens with one attached hydrogen (secondary N) is 1. The average molecular weight is 311 g/mol.